The molecule has 2 N–H and O–H groups in total. The lowest BCUT2D eigenvalue weighted by molar-refractivity contribution is 0.161. The smallest absolute Gasteiger partial charge is 0.185 e. The van der Waals surface area contributed by atoms with Gasteiger partial charge in [0.2, 0.25) is 0 Å². The van der Waals surface area contributed by atoms with Crippen molar-refractivity contribution >= 4 is 11.8 Å². The highest BCUT2D eigenvalue weighted by atomic mass is 32.2. The Morgan fingerprint density at radius 3 is 2.88 bits per heavy atom. The van der Waals surface area contributed by atoms with Gasteiger partial charge in [0, 0.05) is 12.8 Å². The van der Waals surface area contributed by atoms with Crippen molar-refractivity contribution in [3.63, 3.8) is 0 Å². The summed E-state index contributed by atoms with van der Waals surface area (Å²) in [7, 11) is 1.89. The highest BCUT2D eigenvalue weighted by molar-refractivity contribution is 7.99. The van der Waals surface area contributed by atoms with Crippen LogP contribution in [0, 0.1) is 5.92 Å². The zero-order valence-corrected chi connectivity index (χ0v) is 11.2. The van der Waals surface area contributed by atoms with Gasteiger partial charge in [-0.1, -0.05) is 18.7 Å². The number of nitrogens with one attached hydrogen (secondary N) is 1. The van der Waals surface area contributed by atoms with E-state index in [9.17, 15) is 5.11 Å². The van der Waals surface area contributed by atoms with Crippen LogP contribution in [0.25, 0.3) is 0 Å². The molecule has 1 heterocycles. The second-order valence-corrected chi connectivity index (χ2v) is 5.52. The lowest BCUT2D eigenvalue weighted by Gasteiger charge is -2.32. The van der Waals surface area contributed by atoms with Crippen molar-refractivity contribution in [3.05, 3.63) is 6.33 Å². The number of rotatable bonds is 7. The van der Waals surface area contributed by atoms with Gasteiger partial charge in [-0.25, -0.2) is 9.67 Å². The first kappa shape index (κ1) is 12.9. The molecule has 1 aromatic heterocycles. The van der Waals surface area contributed by atoms with E-state index in [0.29, 0.717) is 5.92 Å². The Balaban J connectivity index is 2.00. The quantitative estimate of drug-likeness (QED) is 0.702. The molecule has 2 rings (SSSR count). The molecule has 0 radical (unpaired) electrons. The first-order valence-electron chi connectivity index (χ1n) is 6.04. The van der Waals surface area contributed by atoms with E-state index in [1.165, 1.54) is 12.8 Å². The van der Waals surface area contributed by atoms with Crippen molar-refractivity contribution in [1.29, 1.82) is 0 Å². The van der Waals surface area contributed by atoms with Gasteiger partial charge in [0.25, 0.3) is 0 Å². The van der Waals surface area contributed by atoms with E-state index >= 15 is 0 Å². The van der Waals surface area contributed by atoms with Crippen LogP contribution in [0.3, 0.4) is 0 Å². The molecule has 1 atom stereocenters. The third-order valence-corrected chi connectivity index (χ3v) is 4.59. The Labute approximate surface area is 106 Å². The standard InChI is InChI=1S/C11H20N4OS/c1-3-13-11(6-16,9-4-5-9)7-17-10-12-8-14-15(10)2/h8-9,13,16H,3-7H2,1-2H3. The van der Waals surface area contributed by atoms with Gasteiger partial charge in [-0.2, -0.15) is 5.10 Å². The Hall–Kier alpha value is -0.590. The first-order chi connectivity index (χ1) is 8.22. The molecule has 0 amide bonds. The maximum absolute atomic E-state index is 9.70. The van der Waals surface area contributed by atoms with Crippen molar-refractivity contribution in [3.8, 4) is 0 Å². The fraction of sp³-hybridized carbons (Fsp3) is 0.818. The maximum Gasteiger partial charge on any atom is 0.185 e. The number of aromatic nitrogens is 3. The number of nitrogens with zero attached hydrogens (tertiary/aromatic N) is 3. The summed E-state index contributed by atoms with van der Waals surface area (Å²) in [5.41, 5.74) is -0.147. The van der Waals surface area contributed by atoms with Gasteiger partial charge in [0.05, 0.1) is 12.1 Å². The highest BCUT2D eigenvalue weighted by Crippen LogP contribution is 2.41. The van der Waals surface area contributed by atoms with Crippen LogP contribution in [0.5, 0.6) is 0 Å². The van der Waals surface area contributed by atoms with E-state index in [1.54, 1.807) is 22.8 Å². The van der Waals surface area contributed by atoms with Gasteiger partial charge < -0.3 is 10.4 Å². The summed E-state index contributed by atoms with van der Waals surface area (Å²) >= 11 is 1.66. The molecule has 0 bridgehead atoms. The van der Waals surface area contributed by atoms with E-state index < -0.39 is 0 Å². The minimum Gasteiger partial charge on any atom is -0.394 e. The third kappa shape index (κ3) is 2.81. The predicted molar refractivity (Wildman–Crippen MR) is 67.9 cm³/mol. The van der Waals surface area contributed by atoms with Crippen LogP contribution in [0.2, 0.25) is 0 Å². The minimum atomic E-state index is -0.147. The molecule has 0 aromatic carbocycles. The van der Waals surface area contributed by atoms with Crippen LogP contribution in [0.4, 0.5) is 0 Å². The number of likely N-dealkylation sites (N-methyl/N-ethyl adjacent to an activating group) is 1. The number of aliphatic hydroxyl groups is 1. The summed E-state index contributed by atoms with van der Waals surface area (Å²) in [5, 5.41) is 18.1. The number of hydrogen-bond donors (Lipinski definition) is 2. The summed E-state index contributed by atoms with van der Waals surface area (Å²) in [4.78, 5) is 4.20. The molecule has 1 aliphatic carbocycles. The molecule has 1 aromatic rings. The van der Waals surface area contributed by atoms with Crippen molar-refractivity contribution < 1.29 is 5.11 Å². The minimum absolute atomic E-state index is 0.147. The molecule has 1 aliphatic rings. The molecule has 0 spiro atoms. The molecule has 5 nitrogen and oxygen atoms in total. The number of thioether (sulfide) groups is 1. The van der Waals surface area contributed by atoms with E-state index in [0.717, 1.165) is 17.5 Å². The Morgan fingerprint density at radius 1 is 1.65 bits per heavy atom. The lowest BCUT2D eigenvalue weighted by atomic mass is 9.97. The molecular formula is C11H20N4OS. The average molecular weight is 256 g/mol. The van der Waals surface area contributed by atoms with Crippen LogP contribution in [-0.4, -0.2) is 44.3 Å². The molecular weight excluding hydrogens is 236 g/mol. The van der Waals surface area contributed by atoms with Crippen LogP contribution in [-0.2, 0) is 7.05 Å². The van der Waals surface area contributed by atoms with Crippen LogP contribution < -0.4 is 5.32 Å². The SMILES string of the molecule is CCNC(CO)(CSc1ncnn1C)C1CC1. The summed E-state index contributed by atoms with van der Waals surface area (Å²) in [6, 6.07) is 0. The van der Waals surface area contributed by atoms with Crippen LogP contribution in [0.1, 0.15) is 19.8 Å². The first-order valence-corrected chi connectivity index (χ1v) is 7.03. The summed E-state index contributed by atoms with van der Waals surface area (Å²) < 4.78 is 1.77. The van der Waals surface area contributed by atoms with Crippen LogP contribution >= 0.6 is 11.8 Å². The fourth-order valence-electron chi connectivity index (χ4n) is 2.14. The normalized spacial score (nSPS) is 19.2. The second-order valence-electron chi connectivity index (χ2n) is 4.57. The van der Waals surface area contributed by atoms with E-state index in [4.69, 9.17) is 0 Å². The van der Waals surface area contributed by atoms with Crippen molar-refractivity contribution in [2.24, 2.45) is 13.0 Å². The lowest BCUT2D eigenvalue weighted by Crippen LogP contribution is -2.52. The zero-order valence-electron chi connectivity index (χ0n) is 10.4. The highest BCUT2D eigenvalue weighted by Gasteiger charge is 2.44. The Bertz CT molecular complexity index is 366. The molecule has 96 valence electrons. The van der Waals surface area contributed by atoms with Crippen molar-refractivity contribution in [2.75, 3.05) is 18.9 Å². The molecule has 1 saturated carbocycles. The molecule has 6 heteroatoms. The fourth-order valence-corrected chi connectivity index (χ4v) is 3.31. The average Bonchev–Trinajstić information content (AvgIpc) is 3.10. The van der Waals surface area contributed by atoms with E-state index in [-0.39, 0.29) is 12.1 Å². The van der Waals surface area contributed by atoms with Gasteiger partial charge in [-0.3, -0.25) is 0 Å². The Morgan fingerprint density at radius 2 is 2.41 bits per heavy atom. The third-order valence-electron chi connectivity index (χ3n) is 3.30. The topological polar surface area (TPSA) is 63.0 Å². The predicted octanol–water partition coefficient (Wildman–Crippen LogP) is 0.658. The largest absolute Gasteiger partial charge is 0.394 e. The number of aryl methyl sites for hydroxylation is 1. The van der Waals surface area contributed by atoms with E-state index in [1.807, 2.05) is 7.05 Å². The molecule has 0 aliphatic heterocycles. The van der Waals surface area contributed by atoms with Crippen molar-refractivity contribution in [1.82, 2.24) is 20.1 Å². The van der Waals surface area contributed by atoms with E-state index in [2.05, 4.69) is 22.3 Å². The van der Waals surface area contributed by atoms with Gasteiger partial charge >= 0.3 is 0 Å². The zero-order chi connectivity index (χ0) is 12.3. The summed E-state index contributed by atoms with van der Waals surface area (Å²) in [5.74, 6) is 1.45. The van der Waals surface area contributed by atoms with Gasteiger partial charge in [0.1, 0.15) is 6.33 Å². The van der Waals surface area contributed by atoms with Gasteiger partial charge in [-0.05, 0) is 25.3 Å². The van der Waals surface area contributed by atoms with Gasteiger partial charge in [0.15, 0.2) is 5.16 Å². The van der Waals surface area contributed by atoms with Crippen molar-refractivity contribution in [2.45, 2.75) is 30.5 Å². The Kier molecular flexibility index (Phi) is 4.06. The number of aliphatic hydroxyl groups excluding tert-OH is 1. The van der Waals surface area contributed by atoms with Crippen LogP contribution in [0.15, 0.2) is 11.5 Å². The summed E-state index contributed by atoms with van der Waals surface area (Å²) in [6.07, 6.45) is 3.99. The maximum atomic E-state index is 9.70. The molecule has 0 saturated heterocycles. The molecule has 1 unspecified atom stereocenters. The molecule has 17 heavy (non-hydrogen) atoms. The summed E-state index contributed by atoms with van der Waals surface area (Å²) in [6.45, 7) is 3.16. The number of hydrogen-bond acceptors (Lipinski definition) is 5. The monoisotopic (exact) mass is 256 g/mol. The molecule has 1 fully saturated rings. The van der Waals surface area contributed by atoms with Gasteiger partial charge in [-0.15, -0.1) is 0 Å². The second kappa shape index (κ2) is 5.37.